The Labute approximate surface area is 120 Å². The average molecular weight is 304 g/mol. The van der Waals surface area contributed by atoms with Crippen LogP contribution >= 0.6 is 0 Å². The highest BCUT2D eigenvalue weighted by atomic mass is 32.2. The van der Waals surface area contributed by atoms with Crippen molar-refractivity contribution in [3.05, 3.63) is 0 Å². The molecule has 3 unspecified atom stereocenters. The van der Waals surface area contributed by atoms with E-state index in [0.29, 0.717) is 32.8 Å². The Morgan fingerprint density at radius 1 is 1.00 bits per heavy atom. The molecule has 0 aromatic carbocycles. The Balaban J connectivity index is 1.77. The fourth-order valence-electron chi connectivity index (χ4n) is 3.82. The summed E-state index contributed by atoms with van der Waals surface area (Å²) >= 11 is 0. The second-order valence-corrected chi connectivity index (χ2v) is 7.88. The zero-order valence-corrected chi connectivity index (χ0v) is 12.6. The van der Waals surface area contributed by atoms with E-state index in [-0.39, 0.29) is 18.1 Å². The van der Waals surface area contributed by atoms with Crippen LogP contribution in [0.15, 0.2) is 0 Å². The minimum Gasteiger partial charge on any atom is -0.393 e. The van der Waals surface area contributed by atoms with Gasteiger partial charge in [0.25, 0.3) is 10.2 Å². The number of aliphatic hydroxyl groups excluding tert-OH is 1. The SMILES string of the molecule is O=S(=O)(N1CCOCC1)N1CCCC1C1CCCC1O. The zero-order valence-electron chi connectivity index (χ0n) is 11.8. The van der Waals surface area contributed by atoms with E-state index in [4.69, 9.17) is 4.74 Å². The lowest BCUT2D eigenvalue weighted by molar-refractivity contribution is 0.0657. The molecule has 3 fully saturated rings. The third-order valence-electron chi connectivity index (χ3n) is 4.87. The van der Waals surface area contributed by atoms with E-state index < -0.39 is 10.2 Å². The molecule has 3 aliphatic rings. The van der Waals surface area contributed by atoms with Gasteiger partial charge in [0.15, 0.2) is 0 Å². The molecule has 2 saturated heterocycles. The number of rotatable bonds is 3. The van der Waals surface area contributed by atoms with Crippen molar-refractivity contribution in [3.63, 3.8) is 0 Å². The molecule has 2 aliphatic heterocycles. The normalized spacial score (nSPS) is 37.5. The minimum absolute atomic E-state index is 0.0136. The first-order chi connectivity index (χ1) is 9.60. The lowest BCUT2D eigenvalue weighted by Gasteiger charge is -2.35. The smallest absolute Gasteiger partial charge is 0.282 e. The lowest BCUT2D eigenvalue weighted by Crippen LogP contribution is -2.52. The van der Waals surface area contributed by atoms with E-state index in [0.717, 1.165) is 32.1 Å². The fourth-order valence-corrected chi connectivity index (χ4v) is 5.69. The molecule has 7 heteroatoms. The molecular formula is C13H24N2O4S. The van der Waals surface area contributed by atoms with E-state index in [1.807, 2.05) is 0 Å². The van der Waals surface area contributed by atoms with Gasteiger partial charge in [-0.25, -0.2) is 0 Å². The van der Waals surface area contributed by atoms with Crippen molar-refractivity contribution in [2.45, 2.75) is 44.2 Å². The van der Waals surface area contributed by atoms with Crippen molar-refractivity contribution in [2.75, 3.05) is 32.8 Å². The third-order valence-corrected chi connectivity index (χ3v) is 6.93. The summed E-state index contributed by atoms with van der Waals surface area (Å²) in [7, 11) is -3.40. The number of nitrogens with zero attached hydrogens (tertiary/aromatic N) is 2. The van der Waals surface area contributed by atoms with Gasteiger partial charge in [0.1, 0.15) is 0 Å². The number of hydrogen-bond donors (Lipinski definition) is 1. The molecule has 3 atom stereocenters. The van der Waals surface area contributed by atoms with Crippen molar-refractivity contribution in [3.8, 4) is 0 Å². The molecule has 0 bridgehead atoms. The van der Waals surface area contributed by atoms with Gasteiger partial charge in [-0.15, -0.1) is 0 Å². The molecule has 0 spiro atoms. The van der Waals surface area contributed by atoms with Crippen molar-refractivity contribution in [2.24, 2.45) is 5.92 Å². The molecule has 1 aliphatic carbocycles. The fraction of sp³-hybridized carbons (Fsp3) is 1.00. The average Bonchev–Trinajstić information content (AvgIpc) is 3.08. The predicted octanol–water partition coefficient (Wildman–Crippen LogP) is 0.189. The molecule has 6 nitrogen and oxygen atoms in total. The van der Waals surface area contributed by atoms with E-state index in [9.17, 15) is 13.5 Å². The van der Waals surface area contributed by atoms with E-state index in [1.165, 1.54) is 4.31 Å². The van der Waals surface area contributed by atoms with Gasteiger partial charge in [0, 0.05) is 31.6 Å². The van der Waals surface area contributed by atoms with Crippen LogP contribution < -0.4 is 0 Å². The van der Waals surface area contributed by atoms with Gasteiger partial charge in [0.2, 0.25) is 0 Å². The molecule has 0 amide bonds. The van der Waals surface area contributed by atoms with Crippen LogP contribution in [0, 0.1) is 5.92 Å². The summed E-state index contributed by atoms with van der Waals surface area (Å²) in [5.74, 6) is 0.119. The van der Waals surface area contributed by atoms with Crippen molar-refractivity contribution in [1.29, 1.82) is 0 Å². The second-order valence-electron chi connectivity index (χ2n) is 6.00. The predicted molar refractivity (Wildman–Crippen MR) is 74.4 cm³/mol. The largest absolute Gasteiger partial charge is 0.393 e. The molecule has 2 heterocycles. The van der Waals surface area contributed by atoms with E-state index in [2.05, 4.69) is 0 Å². The monoisotopic (exact) mass is 304 g/mol. The van der Waals surface area contributed by atoms with Gasteiger partial charge < -0.3 is 9.84 Å². The van der Waals surface area contributed by atoms with Crippen LogP contribution in [0.1, 0.15) is 32.1 Å². The summed E-state index contributed by atoms with van der Waals surface area (Å²) in [5, 5.41) is 10.1. The quantitative estimate of drug-likeness (QED) is 0.808. The number of hydrogen-bond acceptors (Lipinski definition) is 4. The number of ether oxygens (including phenoxy) is 1. The second kappa shape index (κ2) is 5.88. The Bertz CT molecular complexity index is 436. The Kier molecular flexibility index (Phi) is 4.33. The maximum atomic E-state index is 12.8. The van der Waals surface area contributed by atoms with Crippen molar-refractivity contribution >= 4 is 10.2 Å². The molecule has 0 radical (unpaired) electrons. The molecule has 1 saturated carbocycles. The first kappa shape index (κ1) is 14.7. The summed E-state index contributed by atoms with van der Waals surface area (Å²) in [6.07, 6.45) is 4.21. The summed E-state index contributed by atoms with van der Waals surface area (Å²) in [5.41, 5.74) is 0. The van der Waals surface area contributed by atoms with Gasteiger partial charge in [-0.1, -0.05) is 6.42 Å². The molecule has 1 N–H and O–H groups in total. The minimum atomic E-state index is -3.40. The van der Waals surface area contributed by atoms with Crippen LogP contribution in [-0.2, 0) is 14.9 Å². The van der Waals surface area contributed by atoms with Crippen LogP contribution in [-0.4, -0.2) is 67.1 Å². The third kappa shape index (κ3) is 2.62. The highest BCUT2D eigenvalue weighted by molar-refractivity contribution is 7.86. The van der Waals surface area contributed by atoms with Gasteiger partial charge in [-0.3, -0.25) is 0 Å². The van der Waals surface area contributed by atoms with Crippen LogP contribution in [0.5, 0.6) is 0 Å². The van der Waals surface area contributed by atoms with Crippen LogP contribution in [0.4, 0.5) is 0 Å². The van der Waals surface area contributed by atoms with Crippen LogP contribution in [0.3, 0.4) is 0 Å². The maximum Gasteiger partial charge on any atom is 0.282 e. The molecule has 3 rings (SSSR count). The van der Waals surface area contributed by atoms with Crippen molar-refractivity contribution < 1.29 is 18.3 Å². The topological polar surface area (TPSA) is 70.1 Å². The van der Waals surface area contributed by atoms with Crippen LogP contribution in [0.2, 0.25) is 0 Å². The first-order valence-corrected chi connectivity index (χ1v) is 9.03. The number of morpholine rings is 1. The highest BCUT2D eigenvalue weighted by Crippen LogP contribution is 2.37. The maximum absolute atomic E-state index is 12.8. The Morgan fingerprint density at radius 2 is 1.75 bits per heavy atom. The zero-order chi connectivity index (χ0) is 14.2. The van der Waals surface area contributed by atoms with Crippen LogP contribution in [0.25, 0.3) is 0 Å². The summed E-state index contributed by atoms with van der Waals surface area (Å²) in [6, 6.07) is -0.0136. The standard InChI is InChI=1S/C13H24N2O4S/c16-13-5-1-3-11(13)12-4-2-6-15(12)20(17,18)14-7-9-19-10-8-14/h11-13,16H,1-10H2. The first-order valence-electron chi connectivity index (χ1n) is 7.63. The molecular weight excluding hydrogens is 280 g/mol. The van der Waals surface area contributed by atoms with Gasteiger partial charge in [-0.2, -0.15) is 17.0 Å². The van der Waals surface area contributed by atoms with E-state index >= 15 is 0 Å². The Hall–Kier alpha value is -0.210. The number of aliphatic hydroxyl groups is 1. The molecule has 116 valence electrons. The highest BCUT2D eigenvalue weighted by Gasteiger charge is 2.44. The lowest BCUT2D eigenvalue weighted by atomic mass is 9.95. The van der Waals surface area contributed by atoms with Gasteiger partial charge >= 0.3 is 0 Å². The Morgan fingerprint density at radius 3 is 2.40 bits per heavy atom. The van der Waals surface area contributed by atoms with Gasteiger partial charge in [0.05, 0.1) is 19.3 Å². The van der Waals surface area contributed by atoms with E-state index in [1.54, 1.807) is 4.31 Å². The summed E-state index contributed by atoms with van der Waals surface area (Å²) in [6.45, 7) is 2.43. The summed E-state index contributed by atoms with van der Waals surface area (Å²) in [4.78, 5) is 0. The summed E-state index contributed by atoms with van der Waals surface area (Å²) < 4.78 is 34.0. The molecule has 0 aromatic rings. The molecule has 20 heavy (non-hydrogen) atoms. The van der Waals surface area contributed by atoms with Gasteiger partial charge in [-0.05, 0) is 25.7 Å². The molecule has 0 aromatic heterocycles. The van der Waals surface area contributed by atoms with Crippen molar-refractivity contribution in [1.82, 2.24) is 8.61 Å².